The second-order valence-corrected chi connectivity index (χ2v) is 6.74. The maximum absolute atomic E-state index is 13.0. The van der Waals surface area contributed by atoms with Crippen LogP contribution in [0.1, 0.15) is 32.3 Å². The van der Waals surface area contributed by atoms with Crippen LogP contribution in [0.2, 0.25) is 0 Å². The van der Waals surface area contributed by atoms with Crippen LogP contribution in [0.15, 0.2) is 60.7 Å². The Hall–Kier alpha value is -2.13. The number of benzene rings is 2. The molecule has 0 radical (unpaired) electrons. The first-order valence-corrected chi connectivity index (χ1v) is 8.69. The van der Waals surface area contributed by atoms with E-state index in [1.54, 1.807) is 0 Å². The number of anilines is 1. The maximum atomic E-state index is 13.0. The molecule has 24 heavy (non-hydrogen) atoms. The average molecular weight is 324 g/mol. The number of carbonyl (C=O) groups excluding carboxylic acids is 1. The van der Waals surface area contributed by atoms with E-state index in [-0.39, 0.29) is 11.8 Å². The third kappa shape index (κ3) is 5.50. The third-order valence-corrected chi connectivity index (χ3v) is 4.15. The minimum atomic E-state index is 0.140. The van der Waals surface area contributed by atoms with Crippen LogP contribution < -0.4 is 10.6 Å². The molecule has 0 aliphatic heterocycles. The van der Waals surface area contributed by atoms with Gasteiger partial charge in [0.05, 0.1) is 6.54 Å². The van der Waals surface area contributed by atoms with Crippen molar-refractivity contribution in [2.45, 2.75) is 33.2 Å². The molecule has 0 spiro atoms. The Labute approximate surface area is 145 Å². The Bertz CT molecular complexity index is 610. The smallest absolute Gasteiger partial charge is 0.227 e. The fraction of sp³-hybridized carbons (Fsp3) is 0.381. The van der Waals surface area contributed by atoms with Crippen LogP contribution in [0.4, 0.5) is 5.69 Å². The van der Waals surface area contributed by atoms with Crippen LogP contribution in [0.25, 0.3) is 0 Å². The van der Waals surface area contributed by atoms with Gasteiger partial charge in [0, 0.05) is 12.1 Å². The third-order valence-electron chi connectivity index (χ3n) is 4.15. The molecule has 0 fully saturated rings. The van der Waals surface area contributed by atoms with Crippen LogP contribution in [-0.4, -0.2) is 12.5 Å². The molecule has 0 bridgehead atoms. The predicted molar refractivity (Wildman–Crippen MR) is 101 cm³/mol. The first-order chi connectivity index (χ1) is 11.6. The van der Waals surface area contributed by atoms with Crippen molar-refractivity contribution < 1.29 is 4.79 Å². The highest BCUT2D eigenvalue weighted by Gasteiger charge is 2.20. The summed E-state index contributed by atoms with van der Waals surface area (Å²) >= 11 is 0. The second kappa shape index (κ2) is 9.24. The Balaban J connectivity index is 2.17. The number of rotatable bonds is 8. The molecule has 1 atom stereocenters. The molecule has 2 aromatic carbocycles. The number of hydrogen-bond donors (Lipinski definition) is 1. The Morgan fingerprint density at radius 3 is 2.12 bits per heavy atom. The topological polar surface area (TPSA) is 46.3 Å². The summed E-state index contributed by atoms with van der Waals surface area (Å²) in [6.07, 6.45) is 1.48. The SMILES string of the molecule is CC(C)C[C@H](CN)CC(=O)N(Cc1ccccc1)c1ccccc1. The molecule has 128 valence electrons. The van der Waals surface area contributed by atoms with E-state index in [2.05, 4.69) is 26.0 Å². The molecule has 0 aliphatic carbocycles. The van der Waals surface area contributed by atoms with Crippen molar-refractivity contribution in [1.29, 1.82) is 0 Å². The molecular formula is C21H28N2O. The van der Waals surface area contributed by atoms with Gasteiger partial charge in [-0.25, -0.2) is 0 Å². The number of para-hydroxylation sites is 1. The van der Waals surface area contributed by atoms with E-state index >= 15 is 0 Å². The minimum Gasteiger partial charge on any atom is -0.330 e. The van der Waals surface area contributed by atoms with Crippen molar-refractivity contribution in [3.05, 3.63) is 66.2 Å². The first kappa shape index (κ1) is 18.2. The molecule has 0 aliphatic rings. The highest BCUT2D eigenvalue weighted by Crippen LogP contribution is 2.21. The fourth-order valence-corrected chi connectivity index (χ4v) is 2.98. The number of hydrogen-bond acceptors (Lipinski definition) is 2. The molecule has 1 amide bonds. The van der Waals surface area contributed by atoms with Crippen LogP contribution in [0.3, 0.4) is 0 Å². The predicted octanol–water partition coefficient (Wildman–Crippen LogP) is 4.23. The molecule has 0 unspecified atom stereocenters. The molecule has 3 heteroatoms. The van der Waals surface area contributed by atoms with Crippen molar-refractivity contribution in [3.8, 4) is 0 Å². The Morgan fingerprint density at radius 2 is 1.58 bits per heavy atom. The van der Waals surface area contributed by atoms with E-state index < -0.39 is 0 Å². The van der Waals surface area contributed by atoms with Crippen molar-refractivity contribution >= 4 is 11.6 Å². The van der Waals surface area contributed by atoms with E-state index in [0.717, 1.165) is 17.7 Å². The molecule has 3 nitrogen and oxygen atoms in total. The number of nitrogens with two attached hydrogens (primary N) is 1. The maximum Gasteiger partial charge on any atom is 0.227 e. The van der Waals surface area contributed by atoms with Gasteiger partial charge in [-0.15, -0.1) is 0 Å². The number of carbonyl (C=O) groups is 1. The lowest BCUT2D eigenvalue weighted by Crippen LogP contribution is -2.33. The van der Waals surface area contributed by atoms with Gasteiger partial charge in [0.25, 0.3) is 0 Å². The standard InChI is InChI=1S/C21H28N2O/c1-17(2)13-19(15-22)14-21(24)23(20-11-7-4-8-12-20)16-18-9-5-3-6-10-18/h3-12,17,19H,13-16,22H2,1-2H3/t19-/m0/s1. The summed E-state index contributed by atoms with van der Waals surface area (Å²) in [5, 5.41) is 0. The number of amides is 1. The average Bonchev–Trinajstić information content (AvgIpc) is 2.60. The Kier molecular flexibility index (Phi) is 7.01. The fourth-order valence-electron chi connectivity index (χ4n) is 2.98. The largest absolute Gasteiger partial charge is 0.330 e. The minimum absolute atomic E-state index is 0.140. The summed E-state index contributed by atoms with van der Waals surface area (Å²) in [6.45, 7) is 5.48. The summed E-state index contributed by atoms with van der Waals surface area (Å²) in [7, 11) is 0. The van der Waals surface area contributed by atoms with Gasteiger partial charge in [0.2, 0.25) is 5.91 Å². The second-order valence-electron chi connectivity index (χ2n) is 6.74. The van der Waals surface area contributed by atoms with Crippen LogP contribution in [0.5, 0.6) is 0 Å². The lowest BCUT2D eigenvalue weighted by molar-refractivity contribution is -0.119. The quantitative estimate of drug-likeness (QED) is 0.790. The van der Waals surface area contributed by atoms with Gasteiger partial charge >= 0.3 is 0 Å². The van der Waals surface area contributed by atoms with Gasteiger partial charge in [-0.05, 0) is 42.5 Å². The summed E-state index contributed by atoms with van der Waals surface area (Å²) in [6, 6.07) is 20.0. The molecule has 0 saturated carbocycles. The molecule has 0 aromatic heterocycles. The Morgan fingerprint density at radius 1 is 1.00 bits per heavy atom. The lowest BCUT2D eigenvalue weighted by Gasteiger charge is -2.26. The van der Waals surface area contributed by atoms with E-state index in [9.17, 15) is 4.79 Å². The zero-order chi connectivity index (χ0) is 17.4. The molecule has 2 N–H and O–H groups in total. The van der Waals surface area contributed by atoms with Gasteiger partial charge in [-0.3, -0.25) is 4.79 Å². The van der Waals surface area contributed by atoms with Crippen LogP contribution >= 0.6 is 0 Å². The zero-order valence-corrected chi connectivity index (χ0v) is 14.7. The van der Waals surface area contributed by atoms with Gasteiger partial charge in [0.15, 0.2) is 0 Å². The van der Waals surface area contributed by atoms with E-state index in [4.69, 9.17) is 5.73 Å². The van der Waals surface area contributed by atoms with Gasteiger partial charge in [-0.2, -0.15) is 0 Å². The van der Waals surface area contributed by atoms with Crippen molar-refractivity contribution in [3.63, 3.8) is 0 Å². The normalized spacial score (nSPS) is 12.2. The van der Waals surface area contributed by atoms with Gasteiger partial charge in [-0.1, -0.05) is 62.4 Å². The van der Waals surface area contributed by atoms with Crippen molar-refractivity contribution in [2.24, 2.45) is 17.6 Å². The monoisotopic (exact) mass is 324 g/mol. The summed E-state index contributed by atoms with van der Waals surface area (Å²) in [5.41, 5.74) is 7.95. The highest BCUT2D eigenvalue weighted by atomic mass is 16.2. The summed E-state index contributed by atoms with van der Waals surface area (Å²) in [4.78, 5) is 14.8. The van der Waals surface area contributed by atoms with Gasteiger partial charge in [0.1, 0.15) is 0 Å². The summed E-state index contributed by atoms with van der Waals surface area (Å²) < 4.78 is 0. The first-order valence-electron chi connectivity index (χ1n) is 8.69. The van der Waals surface area contributed by atoms with Crippen LogP contribution in [0, 0.1) is 11.8 Å². The van der Waals surface area contributed by atoms with E-state index in [1.165, 1.54) is 0 Å². The molecular weight excluding hydrogens is 296 g/mol. The molecule has 2 rings (SSSR count). The molecule has 0 heterocycles. The van der Waals surface area contributed by atoms with Crippen molar-refractivity contribution in [2.75, 3.05) is 11.4 Å². The van der Waals surface area contributed by atoms with Gasteiger partial charge < -0.3 is 10.6 Å². The highest BCUT2D eigenvalue weighted by molar-refractivity contribution is 5.93. The summed E-state index contributed by atoms with van der Waals surface area (Å²) in [5.74, 6) is 0.922. The molecule has 0 saturated heterocycles. The van der Waals surface area contributed by atoms with Crippen molar-refractivity contribution in [1.82, 2.24) is 0 Å². The van der Waals surface area contributed by atoms with Crippen LogP contribution in [-0.2, 0) is 11.3 Å². The number of nitrogens with zero attached hydrogens (tertiary/aromatic N) is 1. The zero-order valence-electron chi connectivity index (χ0n) is 14.7. The van der Waals surface area contributed by atoms with E-state index in [1.807, 2.05) is 53.4 Å². The van der Waals surface area contributed by atoms with E-state index in [0.29, 0.717) is 25.4 Å². The molecule has 2 aromatic rings. The lowest BCUT2D eigenvalue weighted by atomic mass is 9.93.